The SMILES string of the molecule is CCNc1nc(NC)c2nc(NCC(O)CC)nc(NC)c2n1. The number of hydrogen-bond acceptors (Lipinski definition) is 9. The molecule has 5 N–H and O–H groups in total. The molecule has 0 saturated carbocycles. The van der Waals surface area contributed by atoms with E-state index in [1.54, 1.807) is 14.1 Å². The van der Waals surface area contributed by atoms with Crippen LogP contribution in [0.25, 0.3) is 11.0 Å². The van der Waals surface area contributed by atoms with Crippen LogP contribution in [0.4, 0.5) is 23.5 Å². The van der Waals surface area contributed by atoms with E-state index in [-0.39, 0.29) is 0 Å². The van der Waals surface area contributed by atoms with Gasteiger partial charge in [-0.1, -0.05) is 6.92 Å². The Morgan fingerprint density at radius 3 is 1.83 bits per heavy atom. The molecule has 0 saturated heterocycles. The Morgan fingerprint density at radius 2 is 1.39 bits per heavy atom. The molecule has 0 bridgehead atoms. The van der Waals surface area contributed by atoms with E-state index < -0.39 is 6.10 Å². The fourth-order valence-corrected chi connectivity index (χ4v) is 2.03. The van der Waals surface area contributed by atoms with Gasteiger partial charge in [-0.05, 0) is 13.3 Å². The highest BCUT2D eigenvalue weighted by atomic mass is 16.3. The van der Waals surface area contributed by atoms with Gasteiger partial charge in [0.15, 0.2) is 11.6 Å². The number of nitrogens with one attached hydrogen (secondary N) is 4. The number of aliphatic hydroxyl groups is 1. The number of anilines is 4. The van der Waals surface area contributed by atoms with Crippen LogP contribution >= 0.6 is 0 Å². The summed E-state index contributed by atoms with van der Waals surface area (Å²) in [5.74, 6) is 2.16. The molecule has 0 aromatic carbocycles. The van der Waals surface area contributed by atoms with Crippen LogP contribution < -0.4 is 21.3 Å². The maximum Gasteiger partial charge on any atom is 0.225 e. The average Bonchev–Trinajstić information content (AvgIpc) is 2.58. The molecule has 2 aromatic heterocycles. The van der Waals surface area contributed by atoms with Gasteiger partial charge in [0, 0.05) is 27.2 Å². The zero-order valence-electron chi connectivity index (χ0n) is 13.9. The van der Waals surface area contributed by atoms with Crippen molar-refractivity contribution in [2.75, 3.05) is 48.5 Å². The van der Waals surface area contributed by atoms with Gasteiger partial charge in [0.25, 0.3) is 0 Å². The number of nitrogens with zero attached hydrogens (tertiary/aromatic N) is 4. The van der Waals surface area contributed by atoms with Gasteiger partial charge >= 0.3 is 0 Å². The largest absolute Gasteiger partial charge is 0.391 e. The molecule has 0 fully saturated rings. The van der Waals surface area contributed by atoms with Crippen molar-refractivity contribution in [2.24, 2.45) is 0 Å². The van der Waals surface area contributed by atoms with Crippen LogP contribution in [0.3, 0.4) is 0 Å². The maximum absolute atomic E-state index is 9.68. The second-order valence-electron chi connectivity index (χ2n) is 4.96. The second-order valence-corrected chi connectivity index (χ2v) is 4.96. The van der Waals surface area contributed by atoms with E-state index in [2.05, 4.69) is 41.2 Å². The zero-order chi connectivity index (χ0) is 16.8. The van der Waals surface area contributed by atoms with Gasteiger partial charge in [0.1, 0.15) is 11.0 Å². The molecule has 0 radical (unpaired) electrons. The van der Waals surface area contributed by atoms with Gasteiger partial charge in [0.2, 0.25) is 11.9 Å². The zero-order valence-corrected chi connectivity index (χ0v) is 13.9. The predicted molar refractivity (Wildman–Crippen MR) is 93.2 cm³/mol. The smallest absolute Gasteiger partial charge is 0.225 e. The van der Waals surface area contributed by atoms with Gasteiger partial charge < -0.3 is 26.4 Å². The molecule has 1 unspecified atom stereocenters. The molecule has 126 valence electrons. The summed E-state index contributed by atoms with van der Waals surface area (Å²) in [7, 11) is 3.56. The van der Waals surface area contributed by atoms with Crippen molar-refractivity contribution in [1.29, 1.82) is 0 Å². The lowest BCUT2D eigenvalue weighted by Gasteiger charge is -2.14. The third kappa shape index (κ3) is 3.86. The first-order valence-corrected chi connectivity index (χ1v) is 7.73. The van der Waals surface area contributed by atoms with Crippen LogP contribution in [0, 0.1) is 0 Å². The van der Waals surface area contributed by atoms with Crippen molar-refractivity contribution in [3.05, 3.63) is 0 Å². The summed E-state index contributed by atoms with van der Waals surface area (Å²) in [6.45, 7) is 5.01. The van der Waals surface area contributed by atoms with Crippen LogP contribution in [0.1, 0.15) is 20.3 Å². The van der Waals surface area contributed by atoms with Crippen LogP contribution in [0.2, 0.25) is 0 Å². The standard InChI is InChI=1S/C14H24N8O/c1-5-8(23)7-18-14-20-10-9(12(16-4)22-14)19-13(17-6-2)21-11(10)15-3/h8,23H,5-7H2,1-4H3,(H2,15,17,19,21)(H2,16,18,20,22). The Kier molecular flexibility index (Phi) is 5.69. The van der Waals surface area contributed by atoms with Gasteiger partial charge in [-0.15, -0.1) is 0 Å². The van der Waals surface area contributed by atoms with E-state index in [9.17, 15) is 5.11 Å². The molecular weight excluding hydrogens is 296 g/mol. The highest BCUT2D eigenvalue weighted by Crippen LogP contribution is 2.26. The van der Waals surface area contributed by atoms with E-state index in [1.165, 1.54) is 0 Å². The fraction of sp³-hybridized carbons (Fsp3) is 0.571. The Hall–Kier alpha value is -2.42. The van der Waals surface area contributed by atoms with Gasteiger partial charge in [0.05, 0.1) is 6.10 Å². The average molecular weight is 320 g/mol. The molecule has 2 aromatic rings. The van der Waals surface area contributed by atoms with Crippen molar-refractivity contribution in [1.82, 2.24) is 19.9 Å². The summed E-state index contributed by atoms with van der Waals surface area (Å²) in [4.78, 5) is 17.8. The first-order chi connectivity index (χ1) is 11.1. The molecule has 2 rings (SSSR count). The number of aromatic nitrogens is 4. The maximum atomic E-state index is 9.68. The molecule has 9 heteroatoms. The van der Waals surface area contributed by atoms with Crippen LogP contribution in [-0.4, -0.2) is 58.3 Å². The van der Waals surface area contributed by atoms with E-state index in [1.807, 2.05) is 13.8 Å². The Balaban J connectivity index is 2.48. The third-order valence-electron chi connectivity index (χ3n) is 3.32. The highest BCUT2D eigenvalue weighted by molar-refractivity contribution is 5.94. The van der Waals surface area contributed by atoms with Gasteiger partial charge in [-0.25, -0.2) is 9.97 Å². The van der Waals surface area contributed by atoms with Gasteiger partial charge in [-0.3, -0.25) is 0 Å². The molecular formula is C14H24N8O. The number of fused-ring (bicyclic) bond motifs is 1. The molecule has 1 atom stereocenters. The first kappa shape index (κ1) is 16.9. The molecule has 0 spiro atoms. The van der Waals surface area contributed by atoms with Crippen molar-refractivity contribution in [2.45, 2.75) is 26.4 Å². The summed E-state index contributed by atoms with van der Waals surface area (Å²) in [5, 5.41) is 21.9. The van der Waals surface area contributed by atoms with Crippen LogP contribution in [-0.2, 0) is 0 Å². The summed E-state index contributed by atoms with van der Waals surface area (Å²) >= 11 is 0. The number of hydrogen-bond donors (Lipinski definition) is 5. The summed E-state index contributed by atoms with van der Waals surface area (Å²) < 4.78 is 0. The predicted octanol–water partition coefficient (Wildman–Crippen LogP) is 1.12. The van der Waals surface area contributed by atoms with Crippen molar-refractivity contribution >= 4 is 34.6 Å². The number of aliphatic hydroxyl groups excluding tert-OH is 1. The van der Waals surface area contributed by atoms with Crippen LogP contribution in [0.15, 0.2) is 0 Å². The topological polar surface area (TPSA) is 120 Å². The molecule has 0 aliphatic heterocycles. The molecule has 23 heavy (non-hydrogen) atoms. The van der Waals surface area contributed by atoms with Gasteiger partial charge in [-0.2, -0.15) is 9.97 Å². The van der Waals surface area contributed by atoms with Crippen molar-refractivity contribution < 1.29 is 5.11 Å². The lowest BCUT2D eigenvalue weighted by atomic mass is 10.3. The molecule has 0 amide bonds. The monoisotopic (exact) mass is 320 g/mol. The Bertz CT molecular complexity index is 663. The second kappa shape index (κ2) is 7.73. The van der Waals surface area contributed by atoms with E-state index in [0.717, 1.165) is 6.54 Å². The normalized spacial score (nSPS) is 12.0. The number of rotatable bonds is 8. The summed E-state index contributed by atoms with van der Waals surface area (Å²) in [6, 6.07) is 0. The van der Waals surface area contributed by atoms with E-state index >= 15 is 0 Å². The first-order valence-electron chi connectivity index (χ1n) is 7.73. The minimum atomic E-state index is -0.441. The highest BCUT2D eigenvalue weighted by Gasteiger charge is 2.15. The molecule has 9 nitrogen and oxygen atoms in total. The minimum absolute atomic E-state index is 0.385. The molecule has 0 aliphatic carbocycles. The van der Waals surface area contributed by atoms with Crippen molar-refractivity contribution in [3.63, 3.8) is 0 Å². The molecule has 0 aliphatic rings. The summed E-state index contributed by atoms with van der Waals surface area (Å²) in [6.07, 6.45) is 0.222. The molecule has 2 heterocycles. The van der Waals surface area contributed by atoms with Crippen molar-refractivity contribution in [3.8, 4) is 0 Å². The fourth-order valence-electron chi connectivity index (χ4n) is 2.03. The van der Waals surface area contributed by atoms with Crippen LogP contribution in [0.5, 0.6) is 0 Å². The third-order valence-corrected chi connectivity index (χ3v) is 3.32. The Labute approximate surface area is 135 Å². The lowest BCUT2D eigenvalue weighted by molar-refractivity contribution is 0.183. The Morgan fingerprint density at radius 1 is 0.870 bits per heavy atom. The van der Waals surface area contributed by atoms with E-state index in [0.29, 0.717) is 47.5 Å². The lowest BCUT2D eigenvalue weighted by Crippen LogP contribution is -2.20. The quantitative estimate of drug-likeness (QED) is 0.487. The van der Waals surface area contributed by atoms with E-state index in [4.69, 9.17) is 0 Å². The minimum Gasteiger partial charge on any atom is -0.391 e. The summed E-state index contributed by atoms with van der Waals surface area (Å²) in [5.41, 5.74) is 1.24.